The van der Waals surface area contributed by atoms with E-state index in [0.717, 1.165) is 17.7 Å². The second kappa shape index (κ2) is 9.89. The molecule has 0 fully saturated rings. The molecule has 0 aliphatic heterocycles. The van der Waals surface area contributed by atoms with Crippen LogP contribution < -0.4 is 10.6 Å². The van der Waals surface area contributed by atoms with Crippen LogP contribution in [0, 0.1) is 5.82 Å². The van der Waals surface area contributed by atoms with Gasteiger partial charge in [0.15, 0.2) is 0 Å². The van der Waals surface area contributed by atoms with E-state index in [4.69, 9.17) is 0 Å². The number of anilines is 2. The Kier molecular flexibility index (Phi) is 7.03. The number of amides is 2. The van der Waals surface area contributed by atoms with Crippen molar-refractivity contribution in [2.24, 2.45) is 0 Å². The summed E-state index contributed by atoms with van der Waals surface area (Å²) in [6, 6.07) is 20.5. The highest BCUT2D eigenvalue weighted by Gasteiger charge is 2.14. The van der Waals surface area contributed by atoms with Gasteiger partial charge in [0, 0.05) is 16.3 Å². The van der Waals surface area contributed by atoms with Gasteiger partial charge >= 0.3 is 0 Å². The summed E-state index contributed by atoms with van der Waals surface area (Å²) in [5.41, 5.74) is 2.88. The lowest BCUT2D eigenvalue weighted by Gasteiger charge is -2.12. The van der Waals surface area contributed by atoms with E-state index in [1.807, 2.05) is 43.3 Å². The first-order valence-electron chi connectivity index (χ1n) is 9.23. The van der Waals surface area contributed by atoms with Crippen LogP contribution >= 0.6 is 11.8 Å². The van der Waals surface area contributed by atoms with E-state index in [1.165, 1.54) is 36.0 Å². The quantitative estimate of drug-likeness (QED) is 0.517. The molecule has 2 amide bonds. The van der Waals surface area contributed by atoms with Crippen LogP contribution in [0.5, 0.6) is 0 Å². The number of nitrogens with one attached hydrogen (secondary N) is 2. The minimum absolute atomic E-state index is 0.132. The summed E-state index contributed by atoms with van der Waals surface area (Å²) in [6.07, 6.45) is 0.816. The Morgan fingerprint density at radius 3 is 2.34 bits per heavy atom. The Balaban J connectivity index is 1.66. The minimum atomic E-state index is -0.359. The van der Waals surface area contributed by atoms with Crippen molar-refractivity contribution >= 4 is 35.0 Å². The van der Waals surface area contributed by atoms with Crippen molar-refractivity contribution in [2.75, 3.05) is 16.4 Å². The SMILES string of the molecule is CCc1ccccc1NC(=O)c1ccccc1SCC(=O)Nc1ccc(F)cc1. The highest BCUT2D eigenvalue weighted by Crippen LogP contribution is 2.25. The van der Waals surface area contributed by atoms with Crippen molar-refractivity contribution in [3.05, 3.63) is 89.7 Å². The summed E-state index contributed by atoms with van der Waals surface area (Å²) in [6.45, 7) is 2.04. The summed E-state index contributed by atoms with van der Waals surface area (Å²) < 4.78 is 13.0. The van der Waals surface area contributed by atoms with Gasteiger partial charge in [0.2, 0.25) is 5.91 Å². The molecule has 4 nitrogen and oxygen atoms in total. The van der Waals surface area contributed by atoms with Gasteiger partial charge < -0.3 is 10.6 Å². The first-order valence-corrected chi connectivity index (χ1v) is 10.2. The molecule has 0 saturated carbocycles. The van der Waals surface area contributed by atoms with Crippen LogP contribution in [0.1, 0.15) is 22.8 Å². The van der Waals surface area contributed by atoms with Gasteiger partial charge in [0.05, 0.1) is 11.3 Å². The lowest BCUT2D eigenvalue weighted by molar-refractivity contribution is -0.113. The summed E-state index contributed by atoms with van der Waals surface area (Å²) in [5, 5.41) is 5.68. The molecule has 3 aromatic rings. The van der Waals surface area contributed by atoms with Crippen molar-refractivity contribution in [3.8, 4) is 0 Å². The Morgan fingerprint density at radius 1 is 0.897 bits per heavy atom. The van der Waals surface area contributed by atoms with E-state index >= 15 is 0 Å². The van der Waals surface area contributed by atoms with Gasteiger partial charge in [-0.1, -0.05) is 37.3 Å². The Hall–Kier alpha value is -3.12. The number of para-hydroxylation sites is 1. The minimum Gasteiger partial charge on any atom is -0.325 e. The third-order valence-electron chi connectivity index (χ3n) is 4.26. The lowest BCUT2D eigenvalue weighted by Crippen LogP contribution is -2.16. The van der Waals surface area contributed by atoms with Gasteiger partial charge in [0.1, 0.15) is 5.82 Å². The number of thioether (sulfide) groups is 1. The predicted octanol–water partition coefficient (Wildman–Crippen LogP) is 5.37. The second-order valence-electron chi connectivity index (χ2n) is 6.30. The number of aryl methyl sites for hydroxylation is 1. The topological polar surface area (TPSA) is 58.2 Å². The molecule has 3 aromatic carbocycles. The molecule has 2 N–H and O–H groups in total. The third-order valence-corrected chi connectivity index (χ3v) is 5.34. The molecule has 0 aliphatic carbocycles. The Bertz CT molecular complexity index is 1010. The molecule has 0 spiro atoms. The zero-order valence-electron chi connectivity index (χ0n) is 15.9. The molecule has 0 radical (unpaired) electrons. The largest absolute Gasteiger partial charge is 0.325 e. The molecule has 0 unspecified atom stereocenters. The van der Waals surface area contributed by atoms with E-state index in [2.05, 4.69) is 10.6 Å². The van der Waals surface area contributed by atoms with Crippen LogP contribution in [-0.4, -0.2) is 17.6 Å². The smallest absolute Gasteiger partial charge is 0.256 e. The van der Waals surface area contributed by atoms with Crippen LogP contribution in [0.4, 0.5) is 15.8 Å². The van der Waals surface area contributed by atoms with E-state index in [1.54, 1.807) is 12.1 Å². The number of rotatable bonds is 7. The van der Waals surface area contributed by atoms with E-state index in [-0.39, 0.29) is 23.4 Å². The molecule has 0 heterocycles. The van der Waals surface area contributed by atoms with Gasteiger partial charge in [-0.3, -0.25) is 9.59 Å². The fourth-order valence-electron chi connectivity index (χ4n) is 2.79. The first-order chi connectivity index (χ1) is 14.1. The predicted molar refractivity (Wildman–Crippen MR) is 116 cm³/mol. The lowest BCUT2D eigenvalue weighted by atomic mass is 10.1. The number of halogens is 1. The first kappa shape index (κ1) is 20.6. The maximum Gasteiger partial charge on any atom is 0.256 e. The van der Waals surface area contributed by atoms with Crippen molar-refractivity contribution in [1.82, 2.24) is 0 Å². The molecule has 29 heavy (non-hydrogen) atoms. The molecule has 0 aliphatic rings. The van der Waals surface area contributed by atoms with Gasteiger partial charge in [-0.2, -0.15) is 0 Å². The molecule has 0 bridgehead atoms. The average Bonchev–Trinajstić information content (AvgIpc) is 2.74. The third kappa shape index (κ3) is 5.68. The van der Waals surface area contributed by atoms with Crippen molar-refractivity contribution in [1.29, 1.82) is 0 Å². The summed E-state index contributed by atoms with van der Waals surface area (Å²) in [4.78, 5) is 25.7. The fraction of sp³-hybridized carbons (Fsp3) is 0.130. The highest BCUT2D eigenvalue weighted by atomic mass is 32.2. The average molecular weight is 408 g/mol. The van der Waals surface area contributed by atoms with E-state index < -0.39 is 0 Å². The molecule has 6 heteroatoms. The van der Waals surface area contributed by atoms with E-state index in [0.29, 0.717) is 16.1 Å². The molecular formula is C23H21FN2O2S. The van der Waals surface area contributed by atoms with Crippen LogP contribution in [-0.2, 0) is 11.2 Å². The molecule has 148 valence electrons. The molecule has 0 atom stereocenters. The van der Waals surface area contributed by atoms with Crippen molar-refractivity contribution in [3.63, 3.8) is 0 Å². The van der Waals surface area contributed by atoms with Crippen LogP contribution in [0.3, 0.4) is 0 Å². The number of hydrogen-bond donors (Lipinski definition) is 2. The molecule has 0 aromatic heterocycles. The second-order valence-corrected chi connectivity index (χ2v) is 7.32. The van der Waals surface area contributed by atoms with Crippen molar-refractivity contribution in [2.45, 2.75) is 18.2 Å². The van der Waals surface area contributed by atoms with E-state index in [9.17, 15) is 14.0 Å². The number of hydrogen-bond acceptors (Lipinski definition) is 3. The normalized spacial score (nSPS) is 10.4. The van der Waals surface area contributed by atoms with Gasteiger partial charge in [-0.15, -0.1) is 11.8 Å². The van der Waals surface area contributed by atoms with Crippen molar-refractivity contribution < 1.29 is 14.0 Å². The van der Waals surface area contributed by atoms with Gasteiger partial charge in [0.25, 0.3) is 5.91 Å². The maximum absolute atomic E-state index is 13.0. The monoisotopic (exact) mass is 408 g/mol. The van der Waals surface area contributed by atoms with Crippen LogP contribution in [0.25, 0.3) is 0 Å². The molecular weight excluding hydrogens is 387 g/mol. The van der Waals surface area contributed by atoms with Gasteiger partial charge in [-0.25, -0.2) is 4.39 Å². The highest BCUT2D eigenvalue weighted by molar-refractivity contribution is 8.00. The number of carbonyl (C=O) groups excluding carboxylic acids is 2. The summed E-state index contributed by atoms with van der Waals surface area (Å²) >= 11 is 1.28. The zero-order valence-corrected chi connectivity index (χ0v) is 16.8. The Morgan fingerprint density at radius 2 is 1.59 bits per heavy atom. The maximum atomic E-state index is 13.0. The van der Waals surface area contributed by atoms with Crippen LogP contribution in [0.2, 0.25) is 0 Å². The zero-order chi connectivity index (χ0) is 20.6. The number of benzene rings is 3. The summed E-state index contributed by atoms with van der Waals surface area (Å²) in [7, 11) is 0. The number of carbonyl (C=O) groups is 2. The van der Waals surface area contributed by atoms with Gasteiger partial charge in [-0.05, 0) is 54.4 Å². The summed E-state index contributed by atoms with van der Waals surface area (Å²) in [5.74, 6) is -0.671. The molecule has 3 rings (SSSR count). The van der Waals surface area contributed by atoms with Crippen LogP contribution in [0.15, 0.2) is 77.7 Å². The standard InChI is InChI=1S/C23H21FN2O2S/c1-2-16-7-3-5-9-20(16)26-23(28)19-8-4-6-10-21(19)29-15-22(27)25-18-13-11-17(24)12-14-18/h3-14H,2,15H2,1H3,(H,25,27)(H,26,28). The Labute approximate surface area is 173 Å². The fourth-order valence-corrected chi connectivity index (χ4v) is 3.64. The molecule has 0 saturated heterocycles.